The Kier molecular flexibility index (Phi) is 4.81. The van der Waals surface area contributed by atoms with Crippen LogP contribution in [0.1, 0.15) is 39.0 Å². The topological polar surface area (TPSA) is 69.8 Å². The molecular formula is C14H27N3O2. The Balaban J connectivity index is 1.62. The highest BCUT2D eigenvalue weighted by Crippen LogP contribution is 2.21. The molecule has 5 nitrogen and oxygen atoms in total. The second-order valence-corrected chi connectivity index (χ2v) is 6.31. The number of nitrogens with two attached hydrogens (primary N) is 1. The van der Waals surface area contributed by atoms with Crippen molar-refractivity contribution >= 4 is 5.97 Å². The predicted molar refractivity (Wildman–Crippen MR) is 75.1 cm³/mol. The monoisotopic (exact) mass is 269 g/mol. The number of hydrogen-bond acceptors (Lipinski definition) is 4. The molecule has 2 atom stereocenters. The third kappa shape index (κ3) is 3.91. The first-order chi connectivity index (χ1) is 8.99. The highest BCUT2D eigenvalue weighted by molar-refractivity contribution is 5.77. The van der Waals surface area contributed by atoms with Crippen molar-refractivity contribution in [3.05, 3.63) is 0 Å². The first kappa shape index (κ1) is 14.8. The second kappa shape index (κ2) is 6.20. The molecule has 0 aromatic heterocycles. The molecule has 110 valence electrons. The van der Waals surface area contributed by atoms with Gasteiger partial charge >= 0.3 is 5.97 Å². The lowest BCUT2D eigenvalue weighted by Crippen LogP contribution is -2.50. The van der Waals surface area contributed by atoms with Gasteiger partial charge in [-0.2, -0.15) is 0 Å². The van der Waals surface area contributed by atoms with Crippen molar-refractivity contribution in [1.29, 1.82) is 0 Å². The lowest BCUT2D eigenvalue weighted by Gasteiger charge is -2.37. The van der Waals surface area contributed by atoms with Crippen LogP contribution < -0.4 is 5.73 Å². The summed E-state index contributed by atoms with van der Waals surface area (Å²) < 4.78 is 0. The summed E-state index contributed by atoms with van der Waals surface area (Å²) in [5.74, 6) is -0.896. The van der Waals surface area contributed by atoms with E-state index in [0.717, 1.165) is 32.0 Å². The molecule has 0 aromatic carbocycles. The number of fused-ring (bicyclic) bond motifs is 1. The number of piperazine rings is 1. The highest BCUT2D eigenvalue weighted by atomic mass is 16.4. The lowest BCUT2D eigenvalue weighted by atomic mass is 9.96. The molecule has 0 radical (unpaired) electrons. The van der Waals surface area contributed by atoms with Crippen molar-refractivity contribution in [2.75, 3.05) is 32.7 Å². The van der Waals surface area contributed by atoms with Crippen LogP contribution in [-0.2, 0) is 4.79 Å². The van der Waals surface area contributed by atoms with Gasteiger partial charge in [0, 0.05) is 25.7 Å². The number of carbonyl (C=O) groups is 1. The molecule has 2 aliphatic rings. The van der Waals surface area contributed by atoms with Crippen LogP contribution in [0.5, 0.6) is 0 Å². The van der Waals surface area contributed by atoms with E-state index in [9.17, 15) is 4.79 Å². The fourth-order valence-electron chi connectivity index (χ4n) is 3.19. The smallest absolute Gasteiger partial charge is 0.323 e. The van der Waals surface area contributed by atoms with Crippen LogP contribution in [0.2, 0.25) is 0 Å². The number of unbranched alkanes of at least 4 members (excludes halogenated alkanes) is 1. The van der Waals surface area contributed by atoms with Crippen LogP contribution in [0, 0.1) is 0 Å². The molecule has 0 aliphatic carbocycles. The van der Waals surface area contributed by atoms with E-state index < -0.39 is 11.5 Å². The minimum Gasteiger partial charge on any atom is -0.480 e. The zero-order valence-electron chi connectivity index (χ0n) is 12.0. The maximum absolute atomic E-state index is 10.9. The Labute approximate surface area is 115 Å². The van der Waals surface area contributed by atoms with Crippen LogP contribution in [0.3, 0.4) is 0 Å². The summed E-state index contributed by atoms with van der Waals surface area (Å²) in [6.07, 6.45) is 5.20. The first-order valence-electron chi connectivity index (χ1n) is 7.48. The molecule has 2 aliphatic heterocycles. The summed E-state index contributed by atoms with van der Waals surface area (Å²) in [5.41, 5.74) is 4.66. The highest BCUT2D eigenvalue weighted by Gasteiger charge is 2.30. The van der Waals surface area contributed by atoms with Gasteiger partial charge in [0.05, 0.1) is 0 Å². The zero-order chi connectivity index (χ0) is 13.9. The number of carboxylic acids is 1. The van der Waals surface area contributed by atoms with E-state index in [-0.39, 0.29) is 0 Å². The molecule has 0 spiro atoms. The van der Waals surface area contributed by atoms with Gasteiger partial charge in [0.1, 0.15) is 5.54 Å². The molecule has 5 heteroatoms. The van der Waals surface area contributed by atoms with E-state index in [1.165, 1.54) is 32.5 Å². The van der Waals surface area contributed by atoms with Crippen molar-refractivity contribution in [2.24, 2.45) is 5.73 Å². The average Bonchev–Trinajstić information content (AvgIpc) is 2.81. The third-order valence-electron chi connectivity index (χ3n) is 4.58. The Morgan fingerprint density at radius 2 is 2.16 bits per heavy atom. The molecule has 2 unspecified atom stereocenters. The number of carboxylic acid groups (broad SMARTS) is 1. The van der Waals surface area contributed by atoms with E-state index in [1.807, 2.05) is 0 Å². The summed E-state index contributed by atoms with van der Waals surface area (Å²) in [5, 5.41) is 8.95. The fraction of sp³-hybridized carbons (Fsp3) is 0.929. The number of hydrogen-bond donors (Lipinski definition) is 2. The van der Waals surface area contributed by atoms with Crippen LogP contribution in [-0.4, -0.2) is 65.2 Å². The summed E-state index contributed by atoms with van der Waals surface area (Å²) >= 11 is 0. The maximum atomic E-state index is 10.9. The summed E-state index contributed by atoms with van der Waals surface area (Å²) in [6, 6.07) is 0.771. The predicted octanol–water partition coefficient (Wildman–Crippen LogP) is 0.739. The van der Waals surface area contributed by atoms with Crippen molar-refractivity contribution in [3.8, 4) is 0 Å². The average molecular weight is 269 g/mol. The molecule has 19 heavy (non-hydrogen) atoms. The molecular weight excluding hydrogens is 242 g/mol. The van der Waals surface area contributed by atoms with Crippen molar-refractivity contribution < 1.29 is 9.90 Å². The van der Waals surface area contributed by atoms with Gasteiger partial charge in [-0.05, 0) is 52.1 Å². The Morgan fingerprint density at radius 1 is 1.37 bits per heavy atom. The summed E-state index contributed by atoms with van der Waals surface area (Å²) in [7, 11) is 0. The van der Waals surface area contributed by atoms with Crippen molar-refractivity contribution in [1.82, 2.24) is 9.80 Å². The minimum absolute atomic E-state index is 0.561. The summed E-state index contributed by atoms with van der Waals surface area (Å²) in [6.45, 7) is 7.53. The molecule has 0 aromatic rings. The van der Waals surface area contributed by atoms with Gasteiger partial charge in [-0.3, -0.25) is 9.69 Å². The molecule has 2 saturated heterocycles. The van der Waals surface area contributed by atoms with E-state index in [1.54, 1.807) is 6.92 Å². The van der Waals surface area contributed by atoms with E-state index in [4.69, 9.17) is 10.8 Å². The van der Waals surface area contributed by atoms with Gasteiger partial charge in [-0.1, -0.05) is 0 Å². The SMILES string of the molecule is CC(N)(CCCCN1CCN2CCCC2C1)C(=O)O. The molecule has 2 fully saturated rings. The third-order valence-corrected chi connectivity index (χ3v) is 4.58. The van der Waals surface area contributed by atoms with E-state index in [2.05, 4.69) is 9.80 Å². The van der Waals surface area contributed by atoms with Gasteiger partial charge in [0.2, 0.25) is 0 Å². The minimum atomic E-state index is -1.07. The van der Waals surface area contributed by atoms with E-state index in [0.29, 0.717) is 6.42 Å². The molecule has 0 saturated carbocycles. The van der Waals surface area contributed by atoms with Crippen LogP contribution in [0.25, 0.3) is 0 Å². The zero-order valence-corrected chi connectivity index (χ0v) is 12.0. The fourth-order valence-corrected chi connectivity index (χ4v) is 3.19. The van der Waals surface area contributed by atoms with Crippen molar-refractivity contribution in [3.63, 3.8) is 0 Å². The molecule has 2 heterocycles. The number of nitrogens with zero attached hydrogens (tertiary/aromatic N) is 2. The quantitative estimate of drug-likeness (QED) is 0.696. The van der Waals surface area contributed by atoms with Gasteiger partial charge in [-0.15, -0.1) is 0 Å². The summed E-state index contributed by atoms with van der Waals surface area (Å²) in [4.78, 5) is 16.0. The number of rotatable bonds is 6. The molecule has 0 amide bonds. The Bertz CT molecular complexity index is 320. The van der Waals surface area contributed by atoms with Gasteiger partial charge < -0.3 is 15.7 Å². The van der Waals surface area contributed by atoms with E-state index >= 15 is 0 Å². The van der Waals surface area contributed by atoms with Gasteiger partial charge in [0.25, 0.3) is 0 Å². The standard InChI is InChI=1S/C14H27N3O2/c1-14(15,13(18)19)6-2-3-7-16-9-10-17-8-4-5-12(17)11-16/h12H,2-11,15H2,1H3,(H,18,19). The van der Waals surface area contributed by atoms with Crippen LogP contribution in [0.15, 0.2) is 0 Å². The van der Waals surface area contributed by atoms with Gasteiger partial charge in [0.15, 0.2) is 0 Å². The molecule has 3 N–H and O–H groups in total. The molecule has 2 rings (SSSR count). The lowest BCUT2D eigenvalue weighted by molar-refractivity contribution is -0.142. The van der Waals surface area contributed by atoms with Gasteiger partial charge in [-0.25, -0.2) is 0 Å². The van der Waals surface area contributed by atoms with Crippen LogP contribution in [0.4, 0.5) is 0 Å². The first-order valence-corrected chi connectivity index (χ1v) is 7.48. The maximum Gasteiger partial charge on any atom is 0.323 e. The Hall–Kier alpha value is -0.650. The Morgan fingerprint density at radius 3 is 2.89 bits per heavy atom. The number of aliphatic carboxylic acids is 1. The second-order valence-electron chi connectivity index (χ2n) is 6.31. The largest absolute Gasteiger partial charge is 0.480 e. The van der Waals surface area contributed by atoms with Crippen LogP contribution >= 0.6 is 0 Å². The molecule has 0 bridgehead atoms. The normalized spacial score (nSPS) is 28.0. The van der Waals surface area contributed by atoms with Crippen molar-refractivity contribution in [2.45, 2.75) is 50.6 Å².